The molecule has 0 spiro atoms. The molecule has 3 heterocycles. The number of carbonyl (C=O) groups excluding carboxylic acids is 1. The third kappa shape index (κ3) is 4.03. The highest BCUT2D eigenvalue weighted by Crippen LogP contribution is 2.25. The van der Waals surface area contributed by atoms with Crippen LogP contribution in [0.3, 0.4) is 0 Å². The van der Waals surface area contributed by atoms with Crippen LogP contribution in [0.15, 0.2) is 30.6 Å². The van der Waals surface area contributed by atoms with Crippen LogP contribution in [0.2, 0.25) is 0 Å². The number of rotatable bonds is 7. The Balaban J connectivity index is 1.59. The maximum Gasteiger partial charge on any atom is 0.253 e. The van der Waals surface area contributed by atoms with Crippen molar-refractivity contribution in [2.75, 3.05) is 13.1 Å². The topological polar surface area (TPSA) is 69.8 Å². The molecule has 0 bridgehead atoms. The number of nitrogens with one attached hydrogen (secondary N) is 3. The second-order valence-electron chi connectivity index (χ2n) is 6.93. The van der Waals surface area contributed by atoms with Gasteiger partial charge in [-0.1, -0.05) is 13.8 Å². The maximum absolute atomic E-state index is 12.4. The zero-order valence-electron chi connectivity index (χ0n) is 14.4. The molecule has 0 saturated carbocycles. The fraction of sp³-hybridized carbons (Fsp3) is 0.474. The van der Waals surface area contributed by atoms with Crippen molar-refractivity contribution in [3.05, 3.63) is 41.9 Å². The van der Waals surface area contributed by atoms with E-state index in [2.05, 4.69) is 34.4 Å². The van der Waals surface area contributed by atoms with Crippen LogP contribution in [0, 0.1) is 5.92 Å². The second kappa shape index (κ2) is 7.62. The second-order valence-corrected chi connectivity index (χ2v) is 6.93. The number of amides is 1. The van der Waals surface area contributed by atoms with Crippen molar-refractivity contribution < 1.29 is 4.79 Å². The highest BCUT2D eigenvalue weighted by Gasteiger charge is 2.26. The Bertz CT molecular complexity index is 678. The van der Waals surface area contributed by atoms with E-state index >= 15 is 0 Å². The number of carbonyl (C=O) groups is 1. The lowest BCUT2D eigenvalue weighted by Crippen LogP contribution is -2.41. The summed E-state index contributed by atoms with van der Waals surface area (Å²) in [4.78, 5) is 19.8. The Morgan fingerprint density at radius 3 is 2.88 bits per heavy atom. The molecule has 1 atom stereocenters. The molecular weight excluding hydrogens is 300 g/mol. The Hall–Kier alpha value is -2.14. The first-order valence-electron chi connectivity index (χ1n) is 8.77. The number of fused-ring (bicyclic) bond motifs is 1. The van der Waals surface area contributed by atoms with E-state index in [0.29, 0.717) is 5.92 Å². The van der Waals surface area contributed by atoms with Crippen LogP contribution >= 0.6 is 0 Å². The van der Waals surface area contributed by atoms with Gasteiger partial charge in [0.1, 0.15) is 0 Å². The van der Waals surface area contributed by atoms with Gasteiger partial charge in [0.25, 0.3) is 5.91 Å². The SMILES string of the molecule is CC(C)CNCCCC1Cc2[nH]c(-c3ccncc3)cc2C(=O)N1. The number of H-pyrrole nitrogens is 1. The molecule has 5 nitrogen and oxygen atoms in total. The molecule has 1 unspecified atom stereocenters. The Kier molecular flexibility index (Phi) is 5.30. The molecule has 0 aromatic carbocycles. The van der Waals surface area contributed by atoms with Gasteiger partial charge in [-0.05, 0) is 50.0 Å². The van der Waals surface area contributed by atoms with Crippen LogP contribution < -0.4 is 10.6 Å². The normalized spacial score (nSPS) is 17.0. The first-order chi connectivity index (χ1) is 11.6. The maximum atomic E-state index is 12.4. The quantitative estimate of drug-likeness (QED) is 0.685. The summed E-state index contributed by atoms with van der Waals surface area (Å²) in [5.41, 5.74) is 3.86. The highest BCUT2D eigenvalue weighted by molar-refractivity contribution is 5.98. The summed E-state index contributed by atoms with van der Waals surface area (Å²) in [6, 6.07) is 6.07. The van der Waals surface area contributed by atoms with E-state index in [1.54, 1.807) is 12.4 Å². The summed E-state index contributed by atoms with van der Waals surface area (Å²) >= 11 is 0. The van der Waals surface area contributed by atoms with E-state index in [0.717, 1.165) is 54.9 Å². The van der Waals surface area contributed by atoms with Crippen molar-refractivity contribution in [1.29, 1.82) is 0 Å². The molecule has 3 rings (SSSR count). The molecule has 0 radical (unpaired) electrons. The summed E-state index contributed by atoms with van der Waals surface area (Å²) in [6.45, 7) is 6.47. The fourth-order valence-electron chi connectivity index (χ4n) is 3.15. The predicted molar refractivity (Wildman–Crippen MR) is 95.9 cm³/mol. The van der Waals surface area contributed by atoms with Crippen LogP contribution in [0.5, 0.6) is 0 Å². The van der Waals surface area contributed by atoms with Gasteiger partial charge in [0, 0.05) is 41.8 Å². The first-order valence-corrected chi connectivity index (χ1v) is 8.77. The van der Waals surface area contributed by atoms with Crippen molar-refractivity contribution in [1.82, 2.24) is 20.6 Å². The molecule has 0 saturated heterocycles. The molecule has 3 N–H and O–H groups in total. The number of aromatic nitrogens is 2. The molecule has 128 valence electrons. The molecule has 1 aliphatic rings. The van der Waals surface area contributed by atoms with Crippen LogP contribution in [0.4, 0.5) is 0 Å². The molecule has 1 aliphatic heterocycles. The van der Waals surface area contributed by atoms with E-state index in [4.69, 9.17) is 0 Å². The van der Waals surface area contributed by atoms with Gasteiger partial charge in [-0.3, -0.25) is 9.78 Å². The molecule has 0 aliphatic carbocycles. The number of pyridine rings is 1. The van der Waals surface area contributed by atoms with Gasteiger partial charge < -0.3 is 15.6 Å². The van der Waals surface area contributed by atoms with E-state index < -0.39 is 0 Å². The van der Waals surface area contributed by atoms with Gasteiger partial charge in [-0.25, -0.2) is 0 Å². The van der Waals surface area contributed by atoms with Crippen molar-refractivity contribution in [2.24, 2.45) is 5.92 Å². The van der Waals surface area contributed by atoms with Gasteiger partial charge >= 0.3 is 0 Å². The Morgan fingerprint density at radius 1 is 1.33 bits per heavy atom. The highest BCUT2D eigenvalue weighted by atomic mass is 16.1. The molecule has 2 aromatic rings. The van der Waals surface area contributed by atoms with Crippen LogP contribution in [-0.4, -0.2) is 35.0 Å². The molecule has 2 aromatic heterocycles. The standard InChI is InChI=1S/C19H26N4O/c1-13(2)12-21-7-3-4-15-10-18-16(19(24)22-15)11-17(23-18)14-5-8-20-9-6-14/h5-6,8-9,11,13,15,21,23H,3-4,7,10,12H2,1-2H3,(H,22,24). The van der Waals surface area contributed by atoms with Crippen molar-refractivity contribution in [3.8, 4) is 11.3 Å². The molecule has 5 heteroatoms. The minimum absolute atomic E-state index is 0.0351. The first kappa shape index (κ1) is 16.7. The summed E-state index contributed by atoms with van der Waals surface area (Å²) in [5, 5.41) is 6.59. The minimum atomic E-state index is 0.0351. The molecule has 0 fully saturated rings. The number of nitrogens with zero attached hydrogens (tertiary/aromatic N) is 1. The monoisotopic (exact) mass is 326 g/mol. The fourth-order valence-corrected chi connectivity index (χ4v) is 3.15. The number of hydrogen-bond acceptors (Lipinski definition) is 3. The summed E-state index contributed by atoms with van der Waals surface area (Å²) < 4.78 is 0. The smallest absolute Gasteiger partial charge is 0.253 e. The summed E-state index contributed by atoms with van der Waals surface area (Å²) in [7, 11) is 0. The van der Waals surface area contributed by atoms with Crippen LogP contribution in [0.25, 0.3) is 11.3 Å². The van der Waals surface area contributed by atoms with E-state index in [-0.39, 0.29) is 11.9 Å². The Labute approximate surface area is 143 Å². The zero-order chi connectivity index (χ0) is 16.9. The van der Waals surface area contributed by atoms with Gasteiger partial charge in [-0.15, -0.1) is 0 Å². The molecular formula is C19H26N4O. The third-order valence-corrected chi connectivity index (χ3v) is 4.38. The van der Waals surface area contributed by atoms with Gasteiger partial charge in [0.05, 0.1) is 5.56 Å². The van der Waals surface area contributed by atoms with Crippen LogP contribution in [-0.2, 0) is 6.42 Å². The lowest BCUT2D eigenvalue weighted by atomic mass is 9.98. The van der Waals surface area contributed by atoms with E-state index in [1.165, 1.54) is 0 Å². The lowest BCUT2D eigenvalue weighted by Gasteiger charge is -2.23. The Morgan fingerprint density at radius 2 is 2.12 bits per heavy atom. The molecule has 1 amide bonds. The van der Waals surface area contributed by atoms with Gasteiger partial charge in [-0.2, -0.15) is 0 Å². The van der Waals surface area contributed by atoms with E-state index in [1.807, 2.05) is 18.2 Å². The average molecular weight is 326 g/mol. The van der Waals surface area contributed by atoms with Crippen molar-refractivity contribution >= 4 is 5.91 Å². The summed E-state index contributed by atoms with van der Waals surface area (Å²) in [6.07, 6.45) is 6.48. The minimum Gasteiger partial charge on any atom is -0.358 e. The van der Waals surface area contributed by atoms with Gasteiger partial charge in [0.2, 0.25) is 0 Å². The number of aromatic amines is 1. The van der Waals surface area contributed by atoms with Gasteiger partial charge in [0.15, 0.2) is 0 Å². The predicted octanol–water partition coefficient (Wildman–Crippen LogP) is 2.76. The molecule has 24 heavy (non-hydrogen) atoms. The number of hydrogen-bond donors (Lipinski definition) is 3. The lowest BCUT2D eigenvalue weighted by molar-refractivity contribution is 0.0922. The third-order valence-electron chi connectivity index (χ3n) is 4.38. The van der Waals surface area contributed by atoms with Crippen molar-refractivity contribution in [2.45, 2.75) is 39.2 Å². The summed E-state index contributed by atoms with van der Waals surface area (Å²) in [5.74, 6) is 0.709. The van der Waals surface area contributed by atoms with E-state index in [9.17, 15) is 4.79 Å². The van der Waals surface area contributed by atoms with Crippen LogP contribution in [0.1, 0.15) is 42.7 Å². The van der Waals surface area contributed by atoms with Crippen molar-refractivity contribution in [3.63, 3.8) is 0 Å². The zero-order valence-corrected chi connectivity index (χ0v) is 14.4. The largest absolute Gasteiger partial charge is 0.358 e. The average Bonchev–Trinajstić information content (AvgIpc) is 3.00.